The minimum absolute atomic E-state index is 0.149. The molecule has 204 valence electrons. The first-order valence-electron chi connectivity index (χ1n) is 12.9. The largest absolute Gasteiger partial charge is 0.471 e. The van der Waals surface area contributed by atoms with E-state index >= 15 is 0 Å². The van der Waals surface area contributed by atoms with E-state index in [1.165, 1.54) is 5.06 Å². The number of hydroxylamine groups is 2. The molecule has 1 N–H and O–H groups in total. The van der Waals surface area contributed by atoms with Crippen molar-refractivity contribution in [1.82, 2.24) is 24.8 Å². The van der Waals surface area contributed by atoms with Gasteiger partial charge in [-0.15, -0.1) is 5.06 Å². The summed E-state index contributed by atoms with van der Waals surface area (Å²) in [5.41, 5.74) is 2.64. The number of benzene rings is 1. The quantitative estimate of drug-likeness (QED) is 0.374. The van der Waals surface area contributed by atoms with E-state index < -0.39 is 17.5 Å². The highest BCUT2D eigenvalue weighted by molar-refractivity contribution is 6.05. The van der Waals surface area contributed by atoms with Crippen molar-refractivity contribution >= 4 is 17.7 Å². The third-order valence-corrected chi connectivity index (χ3v) is 6.57. The van der Waals surface area contributed by atoms with Crippen LogP contribution in [0.25, 0.3) is 11.3 Å². The molecule has 5 heterocycles. The van der Waals surface area contributed by atoms with Crippen molar-refractivity contribution in [3.8, 4) is 23.0 Å². The number of ether oxygens (including phenoxy) is 2. The maximum Gasteiger partial charge on any atom is 0.357 e. The Labute approximate surface area is 230 Å². The van der Waals surface area contributed by atoms with Crippen LogP contribution in [0, 0.1) is 0 Å². The zero-order valence-corrected chi connectivity index (χ0v) is 22.3. The van der Waals surface area contributed by atoms with Gasteiger partial charge in [-0.2, -0.15) is 10.1 Å². The van der Waals surface area contributed by atoms with Gasteiger partial charge in [-0.05, 0) is 44.2 Å². The maximum atomic E-state index is 13.5. The van der Waals surface area contributed by atoms with Gasteiger partial charge >= 0.3 is 5.97 Å². The summed E-state index contributed by atoms with van der Waals surface area (Å²) in [6.45, 7) is 4.60. The molecule has 0 atom stereocenters. The normalized spacial score (nSPS) is 16.0. The van der Waals surface area contributed by atoms with E-state index in [1.54, 1.807) is 47.3 Å². The molecule has 1 amide bonds. The average Bonchev–Trinajstić information content (AvgIpc) is 3.48. The lowest BCUT2D eigenvalue weighted by molar-refractivity contribution is -0.188. The number of pyridine rings is 2. The van der Waals surface area contributed by atoms with Crippen LogP contribution < -0.4 is 14.8 Å². The third kappa shape index (κ3) is 5.36. The van der Waals surface area contributed by atoms with Gasteiger partial charge in [0.2, 0.25) is 11.8 Å². The van der Waals surface area contributed by atoms with Crippen molar-refractivity contribution in [1.29, 1.82) is 0 Å². The molecule has 1 saturated heterocycles. The standard InChI is InChI=1S/C29H28N6O5/c1-29(2)13-19-12-22(25(36)32-24-11-7-10-23(31-24)20-14-30-34(3)15-20)27(33-26(19)39-29)38-21-16-35(17-21)40-28(37)18-8-5-4-6-9-18/h4-12,14-15,21H,13,16-17H2,1-3H3,(H,31,32,36). The fourth-order valence-electron chi connectivity index (χ4n) is 4.60. The molecule has 3 aromatic heterocycles. The van der Waals surface area contributed by atoms with Gasteiger partial charge in [0, 0.05) is 30.8 Å². The Bertz CT molecular complexity index is 1580. The van der Waals surface area contributed by atoms with Gasteiger partial charge in [-0.1, -0.05) is 24.3 Å². The minimum Gasteiger partial charge on any atom is -0.471 e. The Balaban J connectivity index is 1.18. The van der Waals surface area contributed by atoms with Crippen LogP contribution in [-0.4, -0.2) is 61.5 Å². The number of amides is 1. The number of nitrogens with zero attached hydrogens (tertiary/aromatic N) is 5. The number of carbonyl (C=O) groups is 2. The summed E-state index contributed by atoms with van der Waals surface area (Å²) in [5, 5.41) is 8.57. The zero-order chi connectivity index (χ0) is 27.9. The van der Waals surface area contributed by atoms with Crippen molar-refractivity contribution in [2.45, 2.75) is 32.0 Å². The number of carbonyl (C=O) groups excluding carboxylic acids is 2. The molecule has 0 bridgehead atoms. The number of rotatable bonds is 7. The Kier molecular flexibility index (Phi) is 6.43. The van der Waals surface area contributed by atoms with Crippen LogP contribution in [0.15, 0.2) is 67.0 Å². The number of aryl methyl sites for hydroxylation is 1. The van der Waals surface area contributed by atoms with Crippen molar-refractivity contribution < 1.29 is 23.9 Å². The smallest absolute Gasteiger partial charge is 0.357 e. The average molecular weight is 541 g/mol. The highest BCUT2D eigenvalue weighted by Crippen LogP contribution is 2.37. The Morgan fingerprint density at radius 3 is 2.62 bits per heavy atom. The summed E-state index contributed by atoms with van der Waals surface area (Å²) in [7, 11) is 1.83. The zero-order valence-electron chi connectivity index (χ0n) is 22.3. The molecule has 11 heteroatoms. The van der Waals surface area contributed by atoms with Crippen molar-refractivity contribution in [3.05, 3.63) is 83.7 Å². The van der Waals surface area contributed by atoms with Crippen LogP contribution in [0.3, 0.4) is 0 Å². The van der Waals surface area contributed by atoms with Crippen molar-refractivity contribution in [2.24, 2.45) is 7.05 Å². The second-order valence-electron chi connectivity index (χ2n) is 10.4. The summed E-state index contributed by atoms with van der Waals surface area (Å²) in [5.74, 6) is 0.136. The van der Waals surface area contributed by atoms with Crippen LogP contribution >= 0.6 is 0 Å². The van der Waals surface area contributed by atoms with E-state index in [1.807, 2.05) is 45.3 Å². The maximum absolute atomic E-state index is 13.5. The van der Waals surface area contributed by atoms with Crippen LogP contribution in [-0.2, 0) is 18.3 Å². The monoisotopic (exact) mass is 540 g/mol. The molecule has 2 aliphatic rings. The van der Waals surface area contributed by atoms with Gasteiger partial charge in [0.25, 0.3) is 5.91 Å². The highest BCUT2D eigenvalue weighted by Gasteiger charge is 2.37. The Hall–Kier alpha value is -4.77. The fourth-order valence-corrected chi connectivity index (χ4v) is 4.60. The molecule has 2 aliphatic heterocycles. The number of aromatic nitrogens is 4. The highest BCUT2D eigenvalue weighted by atomic mass is 16.7. The molecule has 11 nitrogen and oxygen atoms in total. The van der Waals surface area contributed by atoms with Crippen LogP contribution in [0.5, 0.6) is 11.8 Å². The second-order valence-corrected chi connectivity index (χ2v) is 10.4. The molecule has 0 spiro atoms. The number of hydrogen-bond donors (Lipinski definition) is 1. The molecular weight excluding hydrogens is 512 g/mol. The lowest BCUT2D eigenvalue weighted by Gasteiger charge is -2.36. The lowest BCUT2D eigenvalue weighted by Crippen LogP contribution is -2.54. The van der Waals surface area contributed by atoms with E-state index in [0.29, 0.717) is 42.5 Å². The number of anilines is 1. The molecule has 40 heavy (non-hydrogen) atoms. The van der Waals surface area contributed by atoms with E-state index in [2.05, 4.69) is 20.4 Å². The molecule has 1 aromatic carbocycles. The number of fused-ring (bicyclic) bond motifs is 1. The molecule has 0 aliphatic carbocycles. The first kappa shape index (κ1) is 25.5. The SMILES string of the molecule is Cn1cc(-c2cccc(NC(=O)c3cc4c(nc3OC3CN(OC(=O)c5ccccc5)C3)OC(C)(C)C4)n2)cn1. The fraction of sp³-hybridized carbons (Fsp3) is 0.276. The van der Waals surface area contributed by atoms with Crippen LogP contribution in [0.4, 0.5) is 5.82 Å². The molecule has 4 aromatic rings. The van der Waals surface area contributed by atoms with Crippen LogP contribution in [0.1, 0.15) is 40.1 Å². The summed E-state index contributed by atoms with van der Waals surface area (Å²) in [6, 6.07) is 15.9. The summed E-state index contributed by atoms with van der Waals surface area (Å²) in [4.78, 5) is 40.4. The molecule has 0 saturated carbocycles. The predicted molar refractivity (Wildman–Crippen MR) is 145 cm³/mol. The lowest BCUT2D eigenvalue weighted by atomic mass is 10.0. The summed E-state index contributed by atoms with van der Waals surface area (Å²) >= 11 is 0. The number of hydrogen-bond acceptors (Lipinski definition) is 9. The van der Waals surface area contributed by atoms with Crippen molar-refractivity contribution in [3.63, 3.8) is 0 Å². The Morgan fingerprint density at radius 2 is 1.88 bits per heavy atom. The predicted octanol–water partition coefficient (Wildman–Crippen LogP) is 3.68. The van der Waals surface area contributed by atoms with Gasteiger partial charge in [0.1, 0.15) is 23.1 Å². The van der Waals surface area contributed by atoms with Gasteiger partial charge in [0.15, 0.2) is 0 Å². The molecule has 6 rings (SSSR count). The molecule has 0 radical (unpaired) electrons. The number of nitrogens with one attached hydrogen (secondary N) is 1. The van der Waals surface area contributed by atoms with E-state index in [-0.39, 0.29) is 17.5 Å². The second kappa shape index (κ2) is 10.1. The van der Waals surface area contributed by atoms with Gasteiger partial charge < -0.3 is 19.6 Å². The third-order valence-electron chi connectivity index (χ3n) is 6.57. The molecule has 1 fully saturated rings. The molecular formula is C29H28N6O5. The van der Waals surface area contributed by atoms with E-state index in [4.69, 9.17) is 14.3 Å². The van der Waals surface area contributed by atoms with E-state index in [9.17, 15) is 9.59 Å². The van der Waals surface area contributed by atoms with E-state index in [0.717, 1.165) is 11.1 Å². The van der Waals surface area contributed by atoms with Gasteiger partial charge in [0.05, 0.1) is 30.5 Å². The summed E-state index contributed by atoms with van der Waals surface area (Å²) in [6.07, 6.45) is 3.84. The first-order valence-corrected chi connectivity index (χ1v) is 12.9. The van der Waals surface area contributed by atoms with Gasteiger partial charge in [-0.25, -0.2) is 9.78 Å². The van der Waals surface area contributed by atoms with Gasteiger partial charge in [-0.3, -0.25) is 9.48 Å². The first-order chi connectivity index (χ1) is 19.2. The minimum atomic E-state index is -0.444. The van der Waals surface area contributed by atoms with Crippen molar-refractivity contribution in [2.75, 3.05) is 18.4 Å². The summed E-state index contributed by atoms with van der Waals surface area (Å²) < 4.78 is 13.8. The topological polar surface area (TPSA) is 121 Å². The Morgan fingerprint density at radius 1 is 1.07 bits per heavy atom. The van der Waals surface area contributed by atoms with Crippen LogP contribution in [0.2, 0.25) is 0 Å². The molecule has 0 unspecified atom stereocenters.